The first-order valence-corrected chi connectivity index (χ1v) is 4.95. The molecule has 1 heterocycles. The highest BCUT2D eigenvalue weighted by Crippen LogP contribution is 2.22. The summed E-state index contributed by atoms with van der Waals surface area (Å²) in [5.74, 6) is -2.96. The normalized spacial score (nSPS) is 23.1. The Labute approximate surface area is 96.0 Å². The van der Waals surface area contributed by atoms with Crippen molar-refractivity contribution in [3.05, 3.63) is 35.4 Å². The van der Waals surface area contributed by atoms with Crippen LogP contribution in [0.15, 0.2) is 23.3 Å². The zero-order valence-electron chi connectivity index (χ0n) is 9.00. The molecule has 0 amide bonds. The number of nitrogens with zero attached hydrogens (tertiary/aromatic N) is 1. The number of carboxylic acids is 1. The lowest BCUT2D eigenvalue weighted by Crippen LogP contribution is -2.44. The lowest BCUT2D eigenvalue weighted by atomic mass is 9.94. The summed E-state index contributed by atoms with van der Waals surface area (Å²) >= 11 is 0. The van der Waals surface area contributed by atoms with E-state index in [4.69, 9.17) is 5.11 Å². The first kappa shape index (κ1) is 11.5. The first-order chi connectivity index (χ1) is 7.92. The monoisotopic (exact) mass is 240 g/mol. The third-order valence-corrected chi connectivity index (χ3v) is 2.68. The van der Waals surface area contributed by atoms with Gasteiger partial charge in [-0.05, 0) is 25.1 Å². The largest absolute Gasteiger partial charge is 0.479 e. The summed E-state index contributed by atoms with van der Waals surface area (Å²) in [7, 11) is 0. The molecule has 0 saturated heterocycles. The van der Waals surface area contributed by atoms with Gasteiger partial charge in [0.2, 0.25) is 0 Å². The van der Waals surface area contributed by atoms with Crippen LogP contribution in [0.1, 0.15) is 18.9 Å². The number of rotatable bonds is 2. The van der Waals surface area contributed by atoms with E-state index < -0.39 is 23.1 Å². The zero-order chi connectivity index (χ0) is 12.6. The molecule has 0 aliphatic carbocycles. The van der Waals surface area contributed by atoms with Crippen molar-refractivity contribution in [2.75, 3.05) is 0 Å². The quantitative estimate of drug-likeness (QED) is 0.823. The number of hydrogen-bond donors (Lipinski definition) is 2. The van der Waals surface area contributed by atoms with Crippen LogP contribution in [0.2, 0.25) is 0 Å². The minimum Gasteiger partial charge on any atom is -0.479 e. The van der Waals surface area contributed by atoms with Gasteiger partial charge < -0.3 is 5.11 Å². The molecule has 0 aromatic heterocycles. The topological polar surface area (TPSA) is 61.7 Å². The molecule has 90 valence electrons. The molecule has 4 nitrogen and oxygen atoms in total. The summed E-state index contributed by atoms with van der Waals surface area (Å²) in [5.41, 5.74) is 2.07. The molecule has 0 saturated carbocycles. The fourth-order valence-corrected chi connectivity index (χ4v) is 1.57. The van der Waals surface area contributed by atoms with Crippen LogP contribution in [-0.2, 0) is 4.79 Å². The molecule has 1 aliphatic rings. The van der Waals surface area contributed by atoms with Crippen molar-refractivity contribution in [1.82, 2.24) is 5.43 Å². The van der Waals surface area contributed by atoms with Crippen molar-refractivity contribution in [3.63, 3.8) is 0 Å². The summed E-state index contributed by atoms with van der Waals surface area (Å²) < 4.78 is 25.8. The number of benzene rings is 1. The van der Waals surface area contributed by atoms with Gasteiger partial charge in [-0.3, -0.25) is 5.43 Å². The van der Waals surface area contributed by atoms with Crippen LogP contribution < -0.4 is 5.43 Å². The molecule has 2 rings (SSSR count). The predicted octanol–water partition coefficient (Wildman–Crippen LogP) is 1.51. The molecule has 0 radical (unpaired) electrons. The molecule has 0 bridgehead atoms. The molecule has 6 heteroatoms. The molecule has 2 N–H and O–H groups in total. The summed E-state index contributed by atoms with van der Waals surface area (Å²) in [6, 6.07) is 3.36. The van der Waals surface area contributed by atoms with E-state index in [-0.39, 0.29) is 6.42 Å². The van der Waals surface area contributed by atoms with Crippen molar-refractivity contribution in [2.45, 2.75) is 18.9 Å². The zero-order valence-corrected chi connectivity index (χ0v) is 9.00. The average molecular weight is 240 g/mol. The molecule has 1 aromatic rings. The van der Waals surface area contributed by atoms with Crippen molar-refractivity contribution < 1.29 is 18.7 Å². The third kappa shape index (κ3) is 1.98. The first-order valence-electron chi connectivity index (χ1n) is 4.95. The minimum atomic E-state index is -1.19. The van der Waals surface area contributed by atoms with Crippen molar-refractivity contribution in [3.8, 4) is 0 Å². The highest BCUT2D eigenvalue weighted by atomic mass is 19.2. The van der Waals surface area contributed by atoms with Gasteiger partial charge >= 0.3 is 5.97 Å². The highest BCUT2D eigenvalue weighted by Gasteiger charge is 2.39. The van der Waals surface area contributed by atoms with Gasteiger partial charge in [0.25, 0.3) is 0 Å². The van der Waals surface area contributed by atoms with Gasteiger partial charge in [0.15, 0.2) is 17.2 Å². The van der Waals surface area contributed by atoms with E-state index in [0.717, 1.165) is 12.1 Å². The molecule has 1 unspecified atom stereocenters. The molecule has 0 spiro atoms. The number of hydrogen-bond acceptors (Lipinski definition) is 3. The second-order valence-electron chi connectivity index (χ2n) is 4.11. The Morgan fingerprint density at radius 1 is 1.47 bits per heavy atom. The molecule has 1 aliphatic heterocycles. The number of aliphatic carboxylic acids is 1. The molecule has 17 heavy (non-hydrogen) atoms. The van der Waals surface area contributed by atoms with E-state index >= 15 is 0 Å². The van der Waals surface area contributed by atoms with E-state index in [0.29, 0.717) is 11.3 Å². The van der Waals surface area contributed by atoms with Crippen LogP contribution in [0.5, 0.6) is 0 Å². The van der Waals surface area contributed by atoms with E-state index in [9.17, 15) is 13.6 Å². The summed E-state index contributed by atoms with van der Waals surface area (Å²) in [5, 5.41) is 12.8. The van der Waals surface area contributed by atoms with Gasteiger partial charge in [-0.25, -0.2) is 13.6 Å². The second kappa shape index (κ2) is 3.80. The maximum absolute atomic E-state index is 13.0. The van der Waals surface area contributed by atoms with Crippen molar-refractivity contribution >= 4 is 11.7 Å². The smallest absolute Gasteiger partial charge is 0.331 e. The molecular formula is C11H10F2N2O2. The fourth-order valence-electron chi connectivity index (χ4n) is 1.57. The fraction of sp³-hybridized carbons (Fsp3) is 0.273. The Hall–Kier alpha value is -1.98. The van der Waals surface area contributed by atoms with Crippen molar-refractivity contribution in [1.29, 1.82) is 0 Å². The lowest BCUT2D eigenvalue weighted by Gasteiger charge is -2.16. The molecule has 1 atom stereocenters. The highest BCUT2D eigenvalue weighted by molar-refractivity contribution is 6.05. The molecular weight excluding hydrogens is 230 g/mol. The maximum Gasteiger partial charge on any atom is 0.331 e. The van der Waals surface area contributed by atoms with E-state index in [2.05, 4.69) is 10.5 Å². The number of carbonyl (C=O) groups is 1. The van der Waals surface area contributed by atoms with Crippen LogP contribution in [0, 0.1) is 11.6 Å². The molecule has 1 aromatic carbocycles. The van der Waals surface area contributed by atoms with Crippen LogP contribution in [0.25, 0.3) is 0 Å². The standard InChI is InChI=1S/C11H10F2N2O2/c1-11(10(16)17)5-9(14-15-11)6-2-3-7(12)8(13)4-6/h2-4,15H,5H2,1H3,(H,16,17). The van der Waals surface area contributed by atoms with Gasteiger partial charge in [0, 0.05) is 12.0 Å². The average Bonchev–Trinajstić information content (AvgIpc) is 2.67. The van der Waals surface area contributed by atoms with Gasteiger partial charge in [0.1, 0.15) is 0 Å². The Bertz CT molecular complexity index is 516. The molecule has 0 fully saturated rings. The second-order valence-corrected chi connectivity index (χ2v) is 4.11. The summed E-state index contributed by atoms with van der Waals surface area (Å²) in [6.07, 6.45) is 0.118. The van der Waals surface area contributed by atoms with Gasteiger partial charge in [-0.15, -0.1) is 0 Å². The summed E-state index contributed by atoms with van der Waals surface area (Å²) in [6.45, 7) is 1.48. The van der Waals surface area contributed by atoms with Crippen LogP contribution in [-0.4, -0.2) is 22.3 Å². The number of halogens is 2. The number of hydrazone groups is 1. The van der Waals surface area contributed by atoms with Crippen LogP contribution in [0.3, 0.4) is 0 Å². The van der Waals surface area contributed by atoms with Crippen molar-refractivity contribution in [2.24, 2.45) is 5.10 Å². The van der Waals surface area contributed by atoms with Gasteiger partial charge in [0.05, 0.1) is 5.71 Å². The summed E-state index contributed by atoms with van der Waals surface area (Å²) in [4.78, 5) is 11.0. The lowest BCUT2D eigenvalue weighted by molar-refractivity contribution is -0.143. The van der Waals surface area contributed by atoms with E-state index in [1.165, 1.54) is 13.0 Å². The Kier molecular flexibility index (Phi) is 2.57. The Balaban J connectivity index is 2.26. The van der Waals surface area contributed by atoms with E-state index in [1.54, 1.807) is 0 Å². The SMILES string of the molecule is CC1(C(=O)O)CC(c2ccc(F)c(F)c2)=NN1. The third-order valence-electron chi connectivity index (χ3n) is 2.68. The van der Waals surface area contributed by atoms with Crippen LogP contribution >= 0.6 is 0 Å². The number of carboxylic acid groups (broad SMARTS) is 1. The predicted molar refractivity (Wildman–Crippen MR) is 56.7 cm³/mol. The van der Waals surface area contributed by atoms with Gasteiger partial charge in [-0.1, -0.05) is 0 Å². The van der Waals surface area contributed by atoms with Crippen LogP contribution in [0.4, 0.5) is 8.78 Å². The Morgan fingerprint density at radius 3 is 2.71 bits per heavy atom. The number of nitrogens with one attached hydrogen (secondary N) is 1. The Morgan fingerprint density at radius 2 is 2.18 bits per heavy atom. The minimum absolute atomic E-state index is 0.118. The van der Waals surface area contributed by atoms with E-state index in [1.807, 2.05) is 0 Å². The van der Waals surface area contributed by atoms with Gasteiger partial charge in [-0.2, -0.15) is 5.10 Å². The maximum atomic E-state index is 13.0.